The van der Waals surface area contributed by atoms with E-state index in [9.17, 15) is 0 Å². The molecule has 0 unspecified atom stereocenters. The van der Waals surface area contributed by atoms with Crippen LogP contribution in [0.1, 0.15) is 0 Å². The number of oxazole rings is 2. The normalized spacial score (nSPS) is 11.5. The summed E-state index contributed by atoms with van der Waals surface area (Å²) >= 11 is 1.82. The fourth-order valence-electron chi connectivity index (χ4n) is 8.22. The summed E-state index contributed by atoms with van der Waals surface area (Å²) in [7, 11) is 0. The molecule has 298 valence electrons. The van der Waals surface area contributed by atoms with E-state index in [0.29, 0.717) is 23.2 Å². The maximum Gasteiger partial charge on any atom is 0.247 e. The minimum Gasteiger partial charge on any atom is -0.418 e. The second-order valence-corrected chi connectivity index (χ2v) is 16.2. The molecule has 8 nitrogen and oxygen atoms in total. The van der Waals surface area contributed by atoms with Crippen molar-refractivity contribution in [2.45, 2.75) is 0 Å². The molecule has 0 atom stereocenters. The number of fused-ring (bicyclic) bond motifs is 5. The third-order valence-corrected chi connectivity index (χ3v) is 12.4. The average molecular weight is 831 g/mol. The minimum absolute atomic E-state index is 0.527. The van der Waals surface area contributed by atoms with Gasteiger partial charge in [0.1, 0.15) is 11.0 Å². The lowest BCUT2D eigenvalue weighted by atomic mass is 10.0. The Labute approximate surface area is 365 Å². The van der Waals surface area contributed by atoms with E-state index in [-0.39, 0.29) is 0 Å². The molecule has 0 aliphatic heterocycles. The summed E-state index contributed by atoms with van der Waals surface area (Å²) < 4.78 is 14.5. The second kappa shape index (κ2) is 15.3. The van der Waals surface area contributed by atoms with Gasteiger partial charge < -0.3 is 18.6 Å². The Morgan fingerprint density at radius 1 is 0.349 bits per heavy atom. The molecule has 0 spiro atoms. The molecule has 0 saturated carbocycles. The third-order valence-electron chi connectivity index (χ3n) is 11.3. The molecule has 0 saturated heterocycles. The van der Waals surface area contributed by atoms with E-state index >= 15 is 0 Å². The maximum absolute atomic E-state index is 6.01. The van der Waals surface area contributed by atoms with E-state index in [1.54, 1.807) is 12.4 Å². The molecule has 0 aliphatic rings. The first-order valence-electron chi connectivity index (χ1n) is 20.6. The number of nitrogens with zero attached hydrogens (tertiary/aromatic N) is 6. The topological polar surface area (TPSA) is 84.3 Å². The molecule has 0 amide bonds. The molecule has 12 aromatic rings. The highest BCUT2D eigenvalue weighted by atomic mass is 32.1. The number of aromatic nitrogens is 4. The van der Waals surface area contributed by atoms with Gasteiger partial charge in [-0.2, -0.15) is 0 Å². The van der Waals surface area contributed by atoms with Crippen LogP contribution in [0.25, 0.3) is 76.7 Å². The van der Waals surface area contributed by atoms with Crippen LogP contribution < -0.4 is 9.80 Å². The molecule has 0 radical (unpaired) electrons. The van der Waals surface area contributed by atoms with E-state index in [1.807, 2.05) is 53.8 Å². The molecule has 0 bridgehead atoms. The minimum atomic E-state index is 0.527. The monoisotopic (exact) mass is 830 g/mol. The van der Waals surface area contributed by atoms with Crippen LogP contribution in [-0.2, 0) is 0 Å². The summed E-state index contributed by atoms with van der Waals surface area (Å²) in [6, 6.07) is 67.5. The van der Waals surface area contributed by atoms with Gasteiger partial charge in [0.25, 0.3) is 0 Å². The molecule has 12 rings (SSSR count). The van der Waals surface area contributed by atoms with Gasteiger partial charge in [0.2, 0.25) is 23.2 Å². The first kappa shape index (κ1) is 36.5. The molecule has 9 heteroatoms. The molecule has 7 aromatic carbocycles. The van der Waals surface area contributed by atoms with E-state index in [4.69, 9.17) is 8.83 Å². The first-order chi connectivity index (χ1) is 31.2. The number of pyridine rings is 2. The van der Waals surface area contributed by atoms with Gasteiger partial charge in [-0.3, -0.25) is 0 Å². The molecule has 63 heavy (non-hydrogen) atoms. The van der Waals surface area contributed by atoms with Gasteiger partial charge in [-0.25, -0.2) is 19.9 Å². The Balaban J connectivity index is 0.865. The fourth-order valence-corrected chi connectivity index (χ4v) is 9.36. The highest BCUT2D eigenvalue weighted by molar-refractivity contribution is 7.25. The second-order valence-electron chi connectivity index (χ2n) is 15.2. The van der Waals surface area contributed by atoms with E-state index in [2.05, 4.69) is 181 Å². The van der Waals surface area contributed by atoms with Crippen LogP contribution in [0.2, 0.25) is 0 Å². The molecule has 0 N–H and O–H groups in total. The van der Waals surface area contributed by atoms with Crippen LogP contribution in [0.15, 0.2) is 215 Å². The zero-order chi connectivity index (χ0) is 41.7. The number of benzene rings is 7. The van der Waals surface area contributed by atoms with Crippen LogP contribution >= 0.6 is 11.3 Å². The van der Waals surface area contributed by atoms with E-state index in [0.717, 1.165) is 67.4 Å². The zero-order valence-electron chi connectivity index (χ0n) is 33.5. The molecular formula is C54H34N6O2S. The first-order valence-corrected chi connectivity index (χ1v) is 21.4. The summed E-state index contributed by atoms with van der Waals surface area (Å²) in [6.07, 6.45) is 3.43. The average Bonchev–Trinajstić information content (AvgIpc) is 4.09. The Hall–Kier alpha value is -8.40. The predicted molar refractivity (Wildman–Crippen MR) is 256 cm³/mol. The van der Waals surface area contributed by atoms with Crippen molar-refractivity contribution >= 4 is 88.1 Å². The zero-order valence-corrected chi connectivity index (χ0v) is 34.4. The summed E-state index contributed by atoms with van der Waals surface area (Å²) in [5.41, 5.74) is 12.8. The van der Waals surface area contributed by atoms with Gasteiger partial charge in [0, 0.05) is 77.8 Å². The largest absolute Gasteiger partial charge is 0.418 e. The van der Waals surface area contributed by atoms with Gasteiger partial charge in [0.15, 0.2) is 0 Å². The lowest BCUT2D eigenvalue weighted by Crippen LogP contribution is -2.10. The standard InChI is InChI=1S/C54H34N6O2S/c1-2-8-39(9-3-1)59(41-26-18-37(19-27-41)51-57-47-11-6-32-55-53(47)61-51)40-22-14-35(15-23-40)36-16-24-42(25-17-36)60(44-30-31-46-45-10-4-5-13-49(45)63-50(46)34-44)43-28-20-38(21-29-43)52-58-48-12-7-33-56-54(48)62-52/h1-34H. The number of anilines is 6. The van der Waals surface area contributed by atoms with Crippen molar-refractivity contribution in [3.8, 4) is 34.0 Å². The summed E-state index contributed by atoms with van der Waals surface area (Å²) in [5, 5.41) is 2.54. The molecule has 5 heterocycles. The van der Waals surface area contributed by atoms with Crippen molar-refractivity contribution in [1.29, 1.82) is 0 Å². The van der Waals surface area contributed by atoms with Crippen LogP contribution in [0.3, 0.4) is 0 Å². The number of para-hydroxylation sites is 1. The Morgan fingerprint density at radius 2 is 0.778 bits per heavy atom. The lowest BCUT2D eigenvalue weighted by Gasteiger charge is -2.26. The smallest absolute Gasteiger partial charge is 0.247 e. The summed E-state index contributed by atoms with van der Waals surface area (Å²) in [4.78, 5) is 22.5. The summed E-state index contributed by atoms with van der Waals surface area (Å²) in [5.74, 6) is 1.09. The fraction of sp³-hybridized carbons (Fsp3) is 0. The molecule has 0 aliphatic carbocycles. The number of hydrogen-bond donors (Lipinski definition) is 0. The number of hydrogen-bond acceptors (Lipinski definition) is 9. The molecular weight excluding hydrogens is 797 g/mol. The Morgan fingerprint density at radius 3 is 1.30 bits per heavy atom. The van der Waals surface area contributed by atoms with Crippen molar-refractivity contribution in [2.75, 3.05) is 9.80 Å². The lowest BCUT2D eigenvalue weighted by molar-refractivity contribution is 0.607. The maximum atomic E-state index is 6.01. The Kier molecular flexibility index (Phi) is 8.83. The van der Waals surface area contributed by atoms with E-state index < -0.39 is 0 Å². The van der Waals surface area contributed by atoms with Crippen LogP contribution in [0.4, 0.5) is 34.1 Å². The van der Waals surface area contributed by atoms with Gasteiger partial charge in [0.05, 0.1) is 0 Å². The van der Waals surface area contributed by atoms with Crippen LogP contribution in [0, 0.1) is 0 Å². The van der Waals surface area contributed by atoms with Crippen molar-refractivity contribution in [2.24, 2.45) is 0 Å². The van der Waals surface area contributed by atoms with Gasteiger partial charge in [-0.1, -0.05) is 66.7 Å². The highest BCUT2D eigenvalue weighted by Crippen LogP contribution is 2.42. The van der Waals surface area contributed by atoms with E-state index in [1.165, 1.54) is 20.2 Å². The van der Waals surface area contributed by atoms with Crippen molar-refractivity contribution < 1.29 is 8.83 Å². The van der Waals surface area contributed by atoms with Gasteiger partial charge in [-0.05, 0) is 139 Å². The number of rotatable bonds is 9. The predicted octanol–water partition coefficient (Wildman–Crippen LogP) is 15.1. The van der Waals surface area contributed by atoms with Crippen LogP contribution in [-0.4, -0.2) is 19.9 Å². The third kappa shape index (κ3) is 6.73. The van der Waals surface area contributed by atoms with Crippen molar-refractivity contribution in [3.05, 3.63) is 207 Å². The van der Waals surface area contributed by atoms with Gasteiger partial charge in [-0.15, -0.1) is 11.3 Å². The van der Waals surface area contributed by atoms with Gasteiger partial charge >= 0.3 is 0 Å². The van der Waals surface area contributed by atoms with Crippen LogP contribution in [0.5, 0.6) is 0 Å². The SMILES string of the molecule is c1ccc(N(c2ccc(-c3ccc(N(c4ccc(-c5nc6cccnc6o5)cc4)c4ccc5c(c4)sc4ccccc45)cc3)cc2)c2ccc(-c3nc4cccnc4o3)cc2)cc1. The van der Waals surface area contributed by atoms with Crippen molar-refractivity contribution in [1.82, 2.24) is 19.9 Å². The van der Waals surface area contributed by atoms with Crippen molar-refractivity contribution in [3.63, 3.8) is 0 Å². The number of thiophene rings is 1. The quantitative estimate of drug-likeness (QED) is 0.142. The Bertz CT molecular complexity index is 3500. The summed E-state index contributed by atoms with van der Waals surface area (Å²) in [6.45, 7) is 0. The highest BCUT2D eigenvalue weighted by Gasteiger charge is 2.18. The molecule has 5 aromatic heterocycles. The molecule has 0 fully saturated rings.